The van der Waals surface area contributed by atoms with Crippen molar-refractivity contribution in [3.05, 3.63) is 53.0 Å². The van der Waals surface area contributed by atoms with Gasteiger partial charge in [0.05, 0.1) is 18.2 Å². The highest BCUT2D eigenvalue weighted by molar-refractivity contribution is 6.13. The fourth-order valence-corrected chi connectivity index (χ4v) is 2.96. The van der Waals surface area contributed by atoms with Gasteiger partial charge in [0.1, 0.15) is 23.3 Å². The number of ether oxygens (including phenoxy) is 3. The van der Waals surface area contributed by atoms with Gasteiger partial charge in [-0.15, -0.1) is 0 Å². The van der Waals surface area contributed by atoms with Crippen LogP contribution in [0.4, 0.5) is 0 Å². The van der Waals surface area contributed by atoms with Gasteiger partial charge in [0.15, 0.2) is 11.9 Å². The first-order chi connectivity index (χ1) is 11.7. The molecule has 24 heavy (non-hydrogen) atoms. The minimum Gasteiger partial charge on any atom is -0.480 e. The van der Waals surface area contributed by atoms with Crippen LogP contribution in [0.15, 0.2) is 47.4 Å². The third-order valence-electron chi connectivity index (χ3n) is 4.22. The fraction of sp³-hybridized carbons (Fsp3) is 0.368. The van der Waals surface area contributed by atoms with E-state index in [1.54, 1.807) is 24.3 Å². The van der Waals surface area contributed by atoms with Crippen LogP contribution in [0.3, 0.4) is 0 Å². The van der Waals surface area contributed by atoms with Crippen LogP contribution in [0.2, 0.25) is 0 Å². The summed E-state index contributed by atoms with van der Waals surface area (Å²) in [6, 6.07) is 7.00. The molecule has 1 atom stereocenters. The van der Waals surface area contributed by atoms with E-state index in [0.29, 0.717) is 29.1 Å². The maximum absolute atomic E-state index is 12.7. The van der Waals surface area contributed by atoms with Crippen LogP contribution in [0, 0.1) is 0 Å². The fourth-order valence-electron chi connectivity index (χ4n) is 2.96. The zero-order valence-electron chi connectivity index (χ0n) is 13.8. The van der Waals surface area contributed by atoms with Gasteiger partial charge in [0.25, 0.3) is 0 Å². The average molecular weight is 328 g/mol. The Labute approximate surface area is 140 Å². The molecule has 5 heteroatoms. The minimum atomic E-state index is -0.773. The molecule has 2 heterocycles. The number of benzene rings is 1. The second kappa shape index (κ2) is 6.91. The van der Waals surface area contributed by atoms with Crippen molar-refractivity contribution >= 4 is 11.8 Å². The summed E-state index contributed by atoms with van der Waals surface area (Å²) in [4.78, 5) is 25.0. The number of rotatable bonds is 5. The Hall–Kier alpha value is -2.56. The van der Waals surface area contributed by atoms with Gasteiger partial charge in [0.2, 0.25) is 0 Å². The number of hydrogen-bond acceptors (Lipinski definition) is 5. The number of unbranched alkanes of at least 4 members (excludes halogenated alkanes) is 2. The lowest BCUT2D eigenvalue weighted by Gasteiger charge is -2.32. The highest BCUT2D eigenvalue weighted by Crippen LogP contribution is 2.38. The standard InChI is InChI=1S/C19H20O5/c1-3-4-5-10-15-16(19(21)22-2)18-13(11-23-15)17(20)12-8-6-7-9-14(12)24-18/h6-9,11,18H,3-5,10H2,1-2H3. The molecular weight excluding hydrogens is 308 g/mol. The Morgan fingerprint density at radius 3 is 2.79 bits per heavy atom. The summed E-state index contributed by atoms with van der Waals surface area (Å²) < 4.78 is 16.5. The van der Waals surface area contributed by atoms with Crippen LogP contribution in [-0.2, 0) is 14.3 Å². The number of esters is 1. The highest BCUT2D eigenvalue weighted by atomic mass is 16.5. The molecule has 0 spiro atoms. The first-order valence-electron chi connectivity index (χ1n) is 8.15. The third kappa shape index (κ3) is 2.82. The number of carbonyl (C=O) groups is 2. The molecule has 0 aliphatic carbocycles. The van der Waals surface area contributed by atoms with E-state index in [1.165, 1.54) is 13.4 Å². The number of para-hydroxylation sites is 1. The second-order valence-electron chi connectivity index (χ2n) is 5.80. The summed E-state index contributed by atoms with van der Waals surface area (Å²) in [6.07, 6.45) is 4.24. The van der Waals surface area contributed by atoms with Gasteiger partial charge in [-0.05, 0) is 18.6 Å². The molecule has 3 rings (SSSR count). The quantitative estimate of drug-likeness (QED) is 0.611. The van der Waals surface area contributed by atoms with Crippen molar-refractivity contribution in [2.24, 2.45) is 0 Å². The summed E-state index contributed by atoms with van der Waals surface area (Å²) in [7, 11) is 1.32. The van der Waals surface area contributed by atoms with E-state index < -0.39 is 12.1 Å². The van der Waals surface area contributed by atoms with Gasteiger partial charge in [-0.25, -0.2) is 4.79 Å². The molecular formula is C19H20O5. The lowest BCUT2D eigenvalue weighted by molar-refractivity contribution is -0.137. The van der Waals surface area contributed by atoms with Crippen molar-refractivity contribution < 1.29 is 23.8 Å². The Bertz CT molecular complexity index is 729. The zero-order valence-corrected chi connectivity index (χ0v) is 13.8. The van der Waals surface area contributed by atoms with Crippen LogP contribution in [0.25, 0.3) is 0 Å². The molecule has 1 aromatic rings. The first kappa shape index (κ1) is 16.3. The predicted octanol–water partition coefficient (Wildman–Crippen LogP) is 3.55. The summed E-state index contributed by atoms with van der Waals surface area (Å²) in [5.41, 5.74) is 1.09. The number of methoxy groups -OCH3 is 1. The van der Waals surface area contributed by atoms with Crippen molar-refractivity contribution in [2.75, 3.05) is 7.11 Å². The highest BCUT2D eigenvalue weighted by Gasteiger charge is 2.41. The van der Waals surface area contributed by atoms with Crippen molar-refractivity contribution in [3.8, 4) is 5.75 Å². The molecule has 2 aliphatic rings. The molecule has 5 nitrogen and oxygen atoms in total. The van der Waals surface area contributed by atoms with Crippen LogP contribution in [-0.4, -0.2) is 25.0 Å². The maximum Gasteiger partial charge on any atom is 0.341 e. The van der Waals surface area contributed by atoms with Crippen molar-refractivity contribution in [1.82, 2.24) is 0 Å². The number of fused-ring (bicyclic) bond motifs is 2. The van der Waals surface area contributed by atoms with Gasteiger partial charge < -0.3 is 14.2 Å². The molecule has 0 bridgehead atoms. The van der Waals surface area contributed by atoms with Crippen molar-refractivity contribution in [3.63, 3.8) is 0 Å². The van der Waals surface area contributed by atoms with Gasteiger partial charge in [-0.3, -0.25) is 4.79 Å². The first-order valence-corrected chi connectivity index (χ1v) is 8.15. The summed E-state index contributed by atoms with van der Waals surface area (Å²) in [5, 5.41) is 0. The second-order valence-corrected chi connectivity index (χ2v) is 5.80. The molecule has 0 fully saturated rings. The normalized spacial score (nSPS) is 18.8. The van der Waals surface area contributed by atoms with Gasteiger partial charge in [-0.2, -0.15) is 0 Å². The lowest BCUT2D eigenvalue weighted by atomic mass is 9.89. The number of carbonyl (C=O) groups excluding carboxylic acids is 2. The van der Waals surface area contributed by atoms with Crippen LogP contribution in [0.1, 0.15) is 43.0 Å². The van der Waals surface area contributed by atoms with E-state index in [-0.39, 0.29) is 11.4 Å². The molecule has 2 aliphatic heterocycles. The van der Waals surface area contributed by atoms with E-state index in [9.17, 15) is 9.59 Å². The molecule has 0 aromatic heterocycles. The topological polar surface area (TPSA) is 61.8 Å². The Morgan fingerprint density at radius 2 is 2.04 bits per heavy atom. The molecule has 0 N–H and O–H groups in total. The molecule has 0 saturated carbocycles. The molecule has 0 amide bonds. The lowest BCUT2D eigenvalue weighted by Crippen LogP contribution is -2.38. The Balaban J connectivity index is 1.99. The van der Waals surface area contributed by atoms with E-state index in [1.807, 2.05) is 0 Å². The van der Waals surface area contributed by atoms with Crippen molar-refractivity contribution in [1.29, 1.82) is 0 Å². The smallest absolute Gasteiger partial charge is 0.341 e. The number of Topliss-reactive ketones (excluding diaryl/α,β-unsaturated/α-hetero) is 1. The third-order valence-corrected chi connectivity index (χ3v) is 4.22. The predicted molar refractivity (Wildman–Crippen MR) is 87.5 cm³/mol. The van der Waals surface area contributed by atoms with Gasteiger partial charge >= 0.3 is 5.97 Å². The summed E-state index contributed by atoms with van der Waals surface area (Å²) >= 11 is 0. The van der Waals surface area contributed by atoms with E-state index >= 15 is 0 Å². The van der Waals surface area contributed by atoms with Gasteiger partial charge in [-0.1, -0.05) is 31.9 Å². The Morgan fingerprint density at radius 1 is 1.25 bits per heavy atom. The molecule has 126 valence electrons. The largest absolute Gasteiger partial charge is 0.480 e. The molecule has 0 radical (unpaired) electrons. The number of ketones is 1. The number of allylic oxidation sites excluding steroid dienone is 1. The van der Waals surface area contributed by atoms with E-state index in [2.05, 4.69) is 6.92 Å². The van der Waals surface area contributed by atoms with Crippen LogP contribution >= 0.6 is 0 Å². The molecule has 1 aromatic carbocycles. The average Bonchev–Trinajstić information content (AvgIpc) is 2.61. The van der Waals surface area contributed by atoms with Crippen LogP contribution < -0.4 is 4.74 Å². The molecule has 0 saturated heterocycles. The van der Waals surface area contributed by atoms with E-state index in [4.69, 9.17) is 14.2 Å². The maximum atomic E-state index is 12.7. The van der Waals surface area contributed by atoms with Crippen molar-refractivity contribution in [2.45, 2.75) is 38.7 Å². The van der Waals surface area contributed by atoms with Crippen LogP contribution in [0.5, 0.6) is 5.75 Å². The van der Waals surface area contributed by atoms with E-state index in [0.717, 1.165) is 19.3 Å². The SMILES string of the molecule is CCCCCC1=C(C(=O)OC)C2Oc3ccccc3C(=O)C2=CO1. The number of hydrogen-bond donors (Lipinski definition) is 0. The molecule has 1 unspecified atom stereocenters. The minimum absolute atomic E-state index is 0.184. The summed E-state index contributed by atoms with van der Waals surface area (Å²) in [6.45, 7) is 2.11. The monoisotopic (exact) mass is 328 g/mol. The Kier molecular flexibility index (Phi) is 4.69. The van der Waals surface area contributed by atoms with Gasteiger partial charge in [0, 0.05) is 6.42 Å². The summed E-state index contributed by atoms with van der Waals surface area (Å²) in [5.74, 6) is 0.289. The zero-order chi connectivity index (χ0) is 17.1.